The van der Waals surface area contributed by atoms with Gasteiger partial charge in [-0.15, -0.1) is 0 Å². The standard InChI is InChI=1S/C10H12N2O/c1-11-12(8-9-13-2)10-6-4-3-5-7-10/h3-7H,8-9H2,2H3. The molecule has 0 saturated heterocycles. The topological polar surface area (TPSA) is 16.8 Å². The van der Waals surface area contributed by atoms with Crippen molar-refractivity contribution in [2.75, 3.05) is 25.3 Å². The van der Waals surface area contributed by atoms with Crippen LogP contribution in [0.5, 0.6) is 0 Å². The lowest BCUT2D eigenvalue weighted by molar-refractivity contribution is 0.207. The maximum atomic E-state index is 6.97. The molecule has 3 nitrogen and oxygen atoms in total. The van der Waals surface area contributed by atoms with Gasteiger partial charge in [-0.1, -0.05) is 23.2 Å². The van der Waals surface area contributed by atoms with Crippen LogP contribution in [-0.4, -0.2) is 20.3 Å². The smallest absolute Gasteiger partial charge is 0.115 e. The van der Waals surface area contributed by atoms with Crippen LogP contribution in [-0.2, 0) is 4.74 Å². The lowest BCUT2D eigenvalue weighted by atomic mass is 10.3. The fraction of sp³-hybridized carbons (Fsp3) is 0.300. The number of methoxy groups -OCH3 is 1. The van der Waals surface area contributed by atoms with Gasteiger partial charge in [-0.3, -0.25) is 0 Å². The summed E-state index contributed by atoms with van der Waals surface area (Å²) in [5, 5.41) is 1.59. The van der Waals surface area contributed by atoms with Crippen molar-refractivity contribution < 1.29 is 4.74 Å². The average Bonchev–Trinajstić information content (AvgIpc) is 2.21. The summed E-state index contributed by atoms with van der Waals surface area (Å²) in [6, 6.07) is 9.59. The maximum Gasteiger partial charge on any atom is 0.115 e. The van der Waals surface area contributed by atoms with Gasteiger partial charge < -0.3 is 4.74 Å². The van der Waals surface area contributed by atoms with E-state index in [1.807, 2.05) is 30.3 Å². The Kier molecular flexibility index (Phi) is 3.80. The highest BCUT2D eigenvalue weighted by molar-refractivity contribution is 5.47. The highest BCUT2D eigenvalue weighted by atomic mass is 16.5. The summed E-state index contributed by atoms with van der Waals surface area (Å²) < 4.78 is 4.91. The van der Waals surface area contributed by atoms with E-state index < -0.39 is 0 Å². The third-order valence-electron chi connectivity index (χ3n) is 1.68. The minimum Gasteiger partial charge on any atom is -0.383 e. The molecule has 0 aliphatic heterocycles. The zero-order chi connectivity index (χ0) is 9.52. The fourth-order valence-electron chi connectivity index (χ4n) is 1.01. The first-order valence-corrected chi connectivity index (χ1v) is 4.07. The normalized spacial score (nSPS) is 9.23. The van der Waals surface area contributed by atoms with E-state index in [0.717, 1.165) is 5.69 Å². The molecule has 0 aromatic heterocycles. The molecule has 0 N–H and O–H groups in total. The molecular weight excluding hydrogens is 164 g/mol. The maximum absolute atomic E-state index is 6.97. The molecule has 0 amide bonds. The van der Waals surface area contributed by atoms with E-state index in [2.05, 4.69) is 4.95 Å². The van der Waals surface area contributed by atoms with Gasteiger partial charge in [0.25, 0.3) is 0 Å². The van der Waals surface area contributed by atoms with Gasteiger partial charge in [0.2, 0.25) is 0 Å². The molecule has 0 aliphatic carbocycles. The third kappa shape index (κ3) is 2.77. The van der Waals surface area contributed by atoms with Crippen molar-refractivity contribution in [1.29, 1.82) is 0 Å². The fourth-order valence-corrected chi connectivity index (χ4v) is 1.01. The molecule has 68 valence electrons. The summed E-state index contributed by atoms with van der Waals surface area (Å²) in [6.07, 6.45) is 0. The Morgan fingerprint density at radius 2 is 2.08 bits per heavy atom. The second-order valence-electron chi connectivity index (χ2n) is 2.55. The van der Waals surface area contributed by atoms with Gasteiger partial charge in [-0.05, 0) is 12.1 Å². The Balaban J connectivity index is 2.63. The van der Waals surface area contributed by atoms with Crippen LogP contribution < -0.4 is 5.01 Å². The molecule has 1 rings (SSSR count). The van der Waals surface area contributed by atoms with Crippen molar-refractivity contribution in [3.63, 3.8) is 0 Å². The molecule has 1 aromatic rings. The Morgan fingerprint density at radius 3 is 2.62 bits per heavy atom. The van der Waals surface area contributed by atoms with Crippen LogP contribution in [0.1, 0.15) is 0 Å². The number of hydrogen-bond donors (Lipinski definition) is 0. The van der Waals surface area contributed by atoms with Gasteiger partial charge >= 0.3 is 0 Å². The van der Waals surface area contributed by atoms with Gasteiger partial charge in [0.1, 0.15) is 12.2 Å². The highest BCUT2D eigenvalue weighted by Gasteiger charge is 2.07. The first-order chi connectivity index (χ1) is 6.38. The third-order valence-corrected chi connectivity index (χ3v) is 1.68. The molecule has 0 heterocycles. The van der Waals surface area contributed by atoms with E-state index in [0.29, 0.717) is 13.2 Å². The first kappa shape index (κ1) is 9.56. The summed E-state index contributed by atoms with van der Waals surface area (Å²) in [5.74, 6) is 0. The zero-order valence-corrected chi connectivity index (χ0v) is 7.60. The predicted molar refractivity (Wildman–Crippen MR) is 52.3 cm³/mol. The minimum atomic E-state index is 0.567. The van der Waals surface area contributed by atoms with E-state index in [-0.39, 0.29) is 0 Å². The molecule has 0 unspecified atom stereocenters. The SMILES string of the molecule is [C-]#[N+]N(CCOC)c1ccccc1. The minimum absolute atomic E-state index is 0.567. The Labute approximate surface area is 78.3 Å². The molecule has 0 spiro atoms. The number of benzene rings is 1. The molecule has 1 aromatic carbocycles. The van der Waals surface area contributed by atoms with Gasteiger partial charge in [-0.2, -0.15) is 11.5 Å². The summed E-state index contributed by atoms with van der Waals surface area (Å²) in [4.78, 5) is 3.40. The number of rotatable bonds is 4. The molecule has 0 atom stereocenters. The van der Waals surface area contributed by atoms with E-state index in [1.54, 1.807) is 12.1 Å². The molecule has 0 radical (unpaired) electrons. The lowest BCUT2D eigenvalue weighted by Crippen LogP contribution is -2.18. The van der Waals surface area contributed by atoms with Crippen molar-refractivity contribution in [1.82, 2.24) is 0 Å². The monoisotopic (exact) mass is 176 g/mol. The molecule has 0 aliphatic rings. The largest absolute Gasteiger partial charge is 0.383 e. The molecule has 13 heavy (non-hydrogen) atoms. The van der Waals surface area contributed by atoms with Crippen LogP contribution in [0.25, 0.3) is 4.95 Å². The average molecular weight is 176 g/mol. The quantitative estimate of drug-likeness (QED) is 0.515. The molecule has 3 heteroatoms. The van der Waals surface area contributed by atoms with Crippen molar-refractivity contribution >= 4 is 5.69 Å². The van der Waals surface area contributed by atoms with Crippen LogP contribution in [0.4, 0.5) is 5.69 Å². The number of para-hydroxylation sites is 1. The van der Waals surface area contributed by atoms with Crippen molar-refractivity contribution in [2.45, 2.75) is 0 Å². The van der Waals surface area contributed by atoms with Crippen LogP contribution in [0.3, 0.4) is 0 Å². The number of nitrogens with zero attached hydrogens (tertiary/aromatic N) is 2. The Morgan fingerprint density at radius 1 is 1.38 bits per heavy atom. The van der Waals surface area contributed by atoms with Crippen LogP contribution in [0.15, 0.2) is 30.3 Å². The van der Waals surface area contributed by atoms with Crippen molar-refractivity contribution in [3.8, 4) is 0 Å². The van der Waals surface area contributed by atoms with Gasteiger partial charge in [-0.25, -0.2) is 0 Å². The number of anilines is 1. The molecule has 0 bridgehead atoms. The molecular formula is C10H12N2O. The highest BCUT2D eigenvalue weighted by Crippen LogP contribution is 2.12. The van der Waals surface area contributed by atoms with E-state index in [4.69, 9.17) is 11.3 Å². The van der Waals surface area contributed by atoms with Crippen molar-refractivity contribution in [3.05, 3.63) is 41.9 Å². The van der Waals surface area contributed by atoms with Crippen LogP contribution >= 0.6 is 0 Å². The second-order valence-corrected chi connectivity index (χ2v) is 2.55. The Bertz CT molecular complexity index is 279. The predicted octanol–water partition coefficient (Wildman–Crippen LogP) is 1.97. The van der Waals surface area contributed by atoms with Gasteiger partial charge in [0, 0.05) is 7.11 Å². The van der Waals surface area contributed by atoms with Crippen LogP contribution in [0.2, 0.25) is 0 Å². The zero-order valence-electron chi connectivity index (χ0n) is 7.60. The lowest BCUT2D eigenvalue weighted by Gasteiger charge is -2.08. The van der Waals surface area contributed by atoms with Crippen LogP contribution in [0, 0.1) is 6.57 Å². The summed E-state index contributed by atoms with van der Waals surface area (Å²) in [5.41, 5.74) is 0.912. The van der Waals surface area contributed by atoms with E-state index in [1.165, 1.54) is 0 Å². The van der Waals surface area contributed by atoms with E-state index >= 15 is 0 Å². The molecule has 0 saturated carbocycles. The van der Waals surface area contributed by atoms with Gasteiger partial charge in [0.05, 0.1) is 6.61 Å². The summed E-state index contributed by atoms with van der Waals surface area (Å²) in [6.45, 7) is 8.14. The van der Waals surface area contributed by atoms with E-state index in [9.17, 15) is 0 Å². The summed E-state index contributed by atoms with van der Waals surface area (Å²) in [7, 11) is 1.63. The second kappa shape index (κ2) is 5.18. The van der Waals surface area contributed by atoms with Gasteiger partial charge in [0.15, 0.2) is 0 Å². The molecule has 0 fully saturated rings. The summed E-state index contributed by atoms with van der Waals surface area (Å²) >= 11 is 0. The number of ether oxygens (including phenoxy) is 1. The van der Waals surface area contributed by atoms with Crippen molar-refractivity contribution in [2.24, 2.45) is 0 Å². The number of hydrogen-bond acceptors (Lipinski definition) is 2. The Hall–Kier alpha value is -1.53. The first-order valence-electron chi connectivity index (χ1n) is 4.07.